The zero-order valence-corrected chi connectivity index (χ0v) is 10.9. The lowest BCUT2D eigenvalue weighted by molar-refractivity contribution is -0.139. The highest BCUT2D eigenvalue weighted by Gasteiger charge is 2.20. The molecular formula is C11H21N3O4. The van der Waals surface area contributed by atoms with Gasteiger partial charge in [0, 0.05) is 20.0 Å². The second-order valence-electron chi connectivity index (χ2n) is 4.40. The van der Waals surface area contributed by atoms with Crippen molar-refractivity contribution in [3.63, 3.8) is 0 Å². The fraction of sp³-hybridized carbons (Fsp3) is 0.727. The molecule has 0 aromatic carbocycles. The van der Waals surface area contributed by atoms with Gasteiger partial charge in [-0.25, -0.2) is 9.59 Å². The van der Waals surface area contributed by atoms with Crippen molar-refractivity contribution in [2.75, 3.05) is 13.1 Å². The lowest BCUT2D eigenvalue weighted by Crippen LogP contribution is -2.48. The zero-order chi connectivity index (χ0) is 14.1. The van der Waals surface area contributed by atoms with Crippen molar-refractivity contribution < 1.29 is 19.5 Å². The van der Waals surface area contributed by atoms with E-state index in [0.717, 1.165) is 0 Å². The number of nitrogens with one attached hydrogen (secondary N) is 3. The summed E-state index contributed by atoms with van der Waals surface area (Å²) in [6.07, 6.45) is 0.369. The summed E-state index contributed by atoms with van der Waals surface area (Å²) >= 11 is 0. The van der Waals surface area contributed by atoms with E-state index in [0.29, 0.717) is 13.0 Å². The Morgan fingerprint density at radius 1 is 1.11 bits per heavy atom. The molecule has 0 fully saturated rings. The Morgan fingerprint density at radius 2 is 1.67 bits per heavy atom. The molecule has 0 saturated carbocycles. The quantitative estimate of drug-likeness (QED) is 0.480. The largest absolute Gasteiger partial charge is 0.480 e. The summed E-state index contributed by atoms with van der Waals surface area (Å²) in [5, 5.41) is 16.3. The molecule has 0 radical (unpaired) electrons. The van der Waals surface area contributed by atoms with Gasteiger partial charge in [-0.15, -0.1) is 0 Å². The van der Waals surface area contributed by atoms with E-state index in [2.05, 4.69) is 16.0 Å². The van der Waals surface area contributed by atoms with Gasteiger partial charge in [-0.2, -0.15) is 0 Å². The Hall–Kier alpha value is -1.79. The molecule has 7 heteroatoms. The number of carbonyl (C=O) groups is 3. The number of hydrogen-bond donors (Lipinski definition) is 4. The van der Waals surface area contributed by atoms with Crippen molar-refractivity contribution in [1.29, 1.82) is 0 Å². The number of carboxylic acid groups (broad SMARTS) is 1. The van der Waals surface area contributed by atoms with Crippen LogP contribution in [0.25, 0.3) is 0 Å². The number of urea groups is 1. The highest BCUT2D eigenvalue weighted by molar-refractivity contribution is 5.82. The number of carbonyl (C=O) groups excluding carboxylic acids is 2. The van der Waals surface area contributed by atoms with Gasteiger partial charge < -0.3 is 21.1 Å². The minimum Gasteiger partial charge on any atom is -0.480 e. The predicted octanol–water partition coefficient (Wildman–Crippen LogP) is -0.0790. The average molecular weight is 259 g/mol. The highest BCUT2D eigenvalue weighted by Crippen LogP contribution is 2.04. The summed E-state index contributed by atoms with van der Waals surface area (Å²) in [6, 6.07) is -1.45. The number of carboxylic acids is 1. The van der Waals surface area contributed by atoms with Gasteiger partial charge in [0.1, 0.15) is 6.04 Å². The Bertz CT molecular complexity index is 305. The van der Waals surface area contributed by atoms with Crippen molar-refractivity contribution in [2.45, 2.75) is 33.2 Å². The van der Waals surface area contributed by atoms with Gasteiger partial charge in [0.25, 0.3) is 0 Å². The molecule has 1 unspecified atom stereocenters. The van der Waals surface area contributed by atoms with Gasteiger partial charge in [0.15, 0.2) is 0 Å². The molecular weight excluding hydrogens is 238 g/mol. The van der Waals surface area contributed by atoms with Gasteiger partial charge in [-0.1, -0.05) is 13.8 Å². The van der Waals surface area contributed by atoms with Crippen LogP contribution < -0.4 is 16.0 Å². The highest BCUT2D eigenvalue weighted by atomic mass is 16.4. The molecule has 0 rings (SSSR count). The minimum atomic E-state index is -1.05. The number of amides is 3. The van der Waals surface area contributed by atoms with Crippen LogP contribution in [-0.2, 0) is 9.59 Å². The molecule has 1 atom stereocenters. The molecule has 0 aromatic heterocycles. The molecule has 0 heterocycles. The van der Waals surface area contributed by atoms with Crippen LogP contribution in [0, 0.1) is 5.92 Å². The molecule has 18 heavy (non-hydrogen) atoms. The Kier molecular flexibility index (Phi) is 7.50. The standard InChI is InChI=1S/C11H21N3O4/c1-7(2)6-9(10(16)17)14-11(18)13-5-4-12-8(3)15/h7,9H,4-6H2,1-3H3,(H,12,15)(H,16,17)(H2,13,14,18). The average Bonchev–Trinajstić information content (AvgIpc) is 2.22. The monoisotopic (exact) mass is 259 g/mol. The van der Waals surface area contributed by atoms with Crippen LogP contribution in [0.15, 0.2) is 0 Å². The second kappa shape index (κ2) is 8.32. The van der Waals surface area contributed by atoms with Gasteiger partial charge in [0.05, 0.1) is 0 Å². The van der Waals surface area contributed by atoms with Crippen LogP contribution in [0.5, 0.6) is 0 Å². The first-order chi connectivity index (χ1) is 8.32. The molecule has 0 aliphatic heterocycles. The maximum atomic E-state index is 11.4. The third-order valence-electron chi connectivity index (χ3n) is 2.10. The summed E-state index contributed by atoms with van der Waals surface area (Å²) in [6.45, 7) is 5.70. The van der Waals surface area contributed by atoms with Crippen molar-refractivity contribution in [2.24, 2.45) is 5.92 Å². The van der Waals surface area contributed by atoms with Gasteiger partial charge >= 0.3 is 12.0 Å². The number of aliphatic carboxylic acids is 1. The molecule has 104 valence electrons. The first-order valence-corrected chi connectivity index (χ1v) is 5.84. The summed E-state index contributed by atoms with van der Waals surface area (Å²) in [5.74, 6) is -1.06. The Labute approximate surface area is 106 Å². The molecule has 0 spiro atoms. The first-order valence-electron chi connectivity index (χ1n) is 5.84. The molecule has 0 saturated heterocycles. The molecule has 0 bridgehead atoms. The third-order valence-corrected chi connectivity index (χ3v) is 2.10. The third kappa shape index (κ3) is 8.37. The Morgan fingerprint density at radius 3 is 2.11 bits per heavy atom. The SMILES string of the molecule is CC(=O)NCCNC(=O)NC(CC(C)C)C(=O)O. The van der Waals surface area contributed by atoms with Gasteiger partial charge in [-0.3, -0.25) is 4.79 Å². The van der Waals surface area contributed by atoms with Crippen molar-refractivity contribution >= 4 is 17.9 Å². The second-order valence-corrected chi connectivity index (χ2v) is 4.40. The van der Waals surface area contributed by atoms with E-state index in [9.17, 15) is 14.4 Å². The summed E-state index contributed by atoms with van der Waals surface area (Å²) in [4.78, 5) is 32.8. The van der Waals surface area contributed by atoms with Crippen LogP contribution in [0.1, 0.15) is 27.2 Å². The fourth-order valence-corrected chi connectivity index (χ4v) is 1.32. The van der Waals surface area contributed by atoms with E-state index in [1.54, 1.807) is 0 Å². The lowest BCUT2D eigenvalue weighted by Gasteiger charge is -2.16. The molecule has 0 aliphatic rings. The smallest absolute Gasteiger partial charge is 0.326 e. The fourth-order valence-electron chi connectivity index (χ4n) is 1.32. The van der Waals surface area contributed by atoms with Gasteiger partial charge in [0.2, 0.25) is 5.91 Å². The van der Waals surface area contributed by atoms with E-state index in [1.807, 2.05) is 13.8 Å². The van der Waals surface area contributed by atoms with Gasteiger partial charge in [-0.05, 0) is 12.3 Å². The van der Waals surface area contributed by atoms with E-state index in [1.165, 1.54) is 6.92 Å². The van der Waals surface area contributed by atoms with Crippen LogP contribution in [0.4, 0.5) is 4.79 Å². The van der Waals surface area contributed by atoms with Crippen molar-refractivity contribution in [3.05, 3.63) is 0 Å². The van der Waals surface area contributed by atoms with E-state index < -0.39 is 18.0 Å². The van der Waals surface area contributed by atoms with E-state index >= 15 is 0 Å². The maximum absolute atomic E-state index is 11.4. The van der Waals surface area contributed by atoms with E-state index in [4.69, 9.17) is 5.11 Å². The molecule has 0 aromatic rings. The molecule has 3 amide bonds. The van der Waals surface area contributed by atoms with E-state index in [-0.39, 0.29) is 18.4 Å². The topological polar surface area (TPSA) is 108 Å². The van der Waals surface area contributed by atoms with Crippen molar-refractivity contribution in [1.82, 2.24) is 16.0 Å². The summed E-state index contributed by atoms with van der Waals surface area (Å²) in [7, 11) is 0. The summed E-state index contributed by atoms with van der Waals surface area (Å²) in [5.41, 5.74) is 0. The first kappa shape index (κ1) is 16.2. The number of rotatable bonds is 7. The van der Waals surface area contributed by atoms with Crippen molar-refractivity contribution in [3.8, 4) is 0 Å². The minimum absolute atomic E-state index is 0.172. The molecule has 4 N–H and O–H groups in total. The van der Waals surface area contributed by atoms with Crippen LogP contribution in [0.3, 0.4) is 0 Å². The van der Waals surface area contributed by atoms with Crippen LogP contribution in [0.2, 0.25) is 0 Å². The number of hydrogen-bond acceptors (Lipinski definition) is 3. The molecule has 7 nitrogen and oxygen atoms in total. The Balaban J connectivity index is 3.95. The zero-order valence-electron chi connectivity index (χ0n) is 10.9. The maximum Gasteiger partial charge on any atom is 0.326 e. The van der Waals surface area contributed by atoms with Crippen LogP contribution in [-0.4, -0.2) is 42.1 Å². The van der Waals surface area contributed by atoms with Crippen LogP contribution >= 0.6 is 0 Å². The molecule has 0 aliphatic carbocycles. The lowest BCUT2D eigenvalue weighted by atomic mass is 10.0. The summed E-state index contributed by atoms with van der Waals surface area (Å²) < 4.78 is 0. The normalized spacial score (nSPS) is 11.8. The predicted molar refractivity (Wildman–Crippen MR) is 66.1 cm³/mol.